The lowest BCUT2D eigenvalue weighted by atomic mass is 10.2. The lowest BCUT2D eigenvalue weighted by Crippen LogP contribution is -2.36. The second-order valence-corrected chi connectivity index (χ2v) is 9.89. The van der Waals surface area contributed by atoms with Crippen LogP contribution in [0.15, 0.2) is 41.3 Å². The molecule has 2 aromatic rings. The first-order valence-electron chi connectivity index (χ1n) is 12.7. The Morgan fingerprint density at radius 3 is 2.51 bits per heavy atom. The number of carbonyl (C=O) groups is 4. The number of benzene rings is 2. The summed E-state index contributed by atoms with van der Waals surface area (Å²) in [5, 5.41) is 2.21. The van der Waals surface area contributed by atoms with Gasteiger partial charge in [0.15, 0.2) is 11.5 Å². The number of rotatable bonds is 13. The van der Waals surface area contributed by atoms with Gasteiger partial charge in [0.25, 0.3) is 11.1 Å². The molecule has 0 spiro atoms. The smallest absolute Gasteiger partial charge is 0.339 e. The van der Waals surface area contributed by atoms with Crippen LogP contribution in [-0.2, 0) is 14.3 Å². The normalized spacial score (nSPS) is 14.1. The SMILES string of the molecule is CCCCOc1ccc(/C=C2\SC(=O)N(CC(=O)Nc3ccc(Cl)c(C(=O)OCCC)c3)C2=O)cc1OCC. The molecule has 11 heteroatoms. The van der Waals surface area contributed by atoms with Gasteiger partial charge in [0.1, 0.15) is 6.54 Å². The highest BCUT2D eigenvalue weighted by Gasteiger charge is 2.36. The van der Waals surface area contributed by atoms with Crippen molar-refractivity contribution in [2.75, 3.05) is 31.7 Å². The molecule has 208 valence electrons. The molecule has 0 unspecified atom stereocenters. The van der Waals surface area contributed by atoms with E-state index >= 15 is 0 Å². The Labute approximate surface area is 236 Å². The molecule has 0 atom stereocenters. The molecular formula is C28H31ClN2O7S. The first-order valence-corrected chi connectivity index (χ1v) is 13.9. The number of imide groups is 1. The summed E-state index contributed by atoms with van der Waals surface area (Å²) in [6, 6.07) is 9.64. The minimum atomic E-state index is -0.610. The first-order chi connectivity index (χ1) is 18.8. The van der Waals surface area contributed by atoms with E-state index in [0.717, 1.165) is 29.5 Å². The van der Waals surface area contributed by atoms with Crippen molar-refractivity contribution in [3.05, 3.63) is 57.5 Å². The van der Waals surface area contributed by atoms with Gasteiger partial charge in [-0.2, -0.15) is 0 Å². The van der Waals surface area contributed by atoms with Crippen molar-refractivity contribution in [2.24, 2.45) is 0 Å². The van der Waals surface area contributed by atoms with E-state index in [9.17, 15) is 19.2 Å². The molecule has 0 radical (unpaired) electrons. The Balaban J connectivity index is 1.69. The average Bonchev–Trinajstić information content (AvgIpc) is 3.17. The Morgan fingerprint density at radius 2 is 1.79 bits per heavy atom. The summed E-state index contributed by atoms with van der Waals surface area (Å²) in [6.07, 6.45) is 4.15. The van der Waals surface area contributed by atoms with E-state index in [0.29, 0.717) is 36.7 Å². The van der Waals surface area contributed by atoms with Crippen LogP contribution in [0.1, 0.15) is 56.0 Å². The molecule has 1 aliphatic rings. The van der Waals surface area contributed by atoms with Crippen LogP contribution in [-0.4, -0.2) is 54.3 Å². The summed E-state index contributed by atoms with van der Waals surface area (Å²) in [5.41, 5.74) is 1.03. The van der Waals surface area contributed by atoms with Gasteiger partial charge in [0.05, 0.1) is 35.3 Å². The summed E-state index contributed by atoms with van der Waals surface area (Å²) in [6.45, 7) is 6.56. The number of esters is 1. The molecule has 1 aliphatic heterocycles. The molecule has 0 saturated carbocycles. The number of anilines is 1. The number of carbonyl (C=O) groups excluding carboxylic acids is 4. The zero-order chi connectivity index (χ0) is 28.4. The van der Waals surface area contributed by atoms with E-state index in [1.165, 1.54) is 18.2 Å². The fourth-order valence-electron chi connectivity index (χ4n) is 3.49. The molecule has 3 amide bonds. The lowest BCUT2D eigenvalue weighted by Gasteiger charge is -2.13. The van der Waals surface area contributed by atoms with Gasteiger partial charge in [-0.3, -0.25) is 19.3 Å². The zero-order valence-corrected chi connectivity index (χ0v) is 23.7. The number of halogens is 1. The highest BCUT2D eigenvalue weighted by Crippen LogP contribution is 2.35. The van der Waals surface area contributed by atoms with E-state index in [2.05, 4.69) is 12.2 Å². The van der Waals surface area contributed by atoms with Gasteiger partial charge < -0.3 is 19.5 Å². The van der Waals surface area contributed by atoms with Gasteiger partial charge in [-0.05, 0) is 73.5 Å². The number of ether oxygens (including phenoxy) is 3. The minimum absolute atomic E-state index is 0.102. The topological polar surface area (TPSA) is 111 Å². The fraction of sp³-hybridized carbons (Fsp3) is 0.357. The van der Waals surface area contributed by atoms with Gasteiger partial charge >= 0.3 is 5.97 Å². The number of nitrogens with zero attached hydrogens (tertiary/aromatic N) is 1. The Kier molecular flexibility index (Phi) is 11.2. The van der Waals surface area contributed by atoms with E-state index < -0.39 is 29.6 Å². The van der Waals surface area contributed by atoms with Gasteiger partial charge in [0, 0.05) is 5.69 Å². The maximum Gasteiger partial charge on any atom is 0.339 e. The lowest BCUT2D eigenvalue weighted by molar-refractivity contribution is -0.127. The number of hydrogen-bond donors (Lipinski definition) is 1. The van der Waals surface area contributed by atoms with Crippen molar-refractivity contribution < 1.29 is 33.4 Å². The maximum absolute atomic E-state index is 13.0. The molecule has 1 heterocycles. The third kappa shape index (κ3) is 8.24. The van der Waals surface area contributed by atoms with Crippen molar-refractivity contribution >= 4 is 58.1 Å². The highest BCUT2D eigenvalue weighted by molar-refractivity contribution is 8.18. The molecule has 3 rings (SSSR count). The molecule has 9 nitrogen and oxygen atoms in total. The van der Waals surface area contributed by atoms with Crippen molar-refractivity contribution in [2.45, 2.75) is 40.0 Å². The summed E-state index contributed by atoms with van der Waals surface area (Å²) in [4.78, 5) is 51.4. The molecule has 1 saturated heterocycles. The van der Waals surface area contributed by atoms with Crippen LogP contribution >= 0.6 is 23.4 Å². The van der Waals surface area contributed by atoms with Crippen molar-refractivity contribution in [1.29, 1.82) is 0 Å². The average molecular weight is 575 g/mol. The molecule has 2 aromatic carbocycles. The third-order valence-electron chi connectivity index (χ3n) is 5.40. The molecule has 39 heavy (non-hydrogen) atoms. The fourth-order valence-corrected chi connectivity index (χ4v) is 4.53. The van der Waals surface area contributed by atoms with E-state index in [-0.39, 0.29) is 27.8 Å². The van der Waals surface area contributed by atoms with Gasteiger partial charge in [0.2, 0.25) is 5.91 Å². The first kappa shape index (κ1) is 30.0. The van der Waals surface area contributed by atoms with Crippen molar-refractivity contribution in [1.82, 2.24) is 4.90 Å². The van der Waals surface area contributed by atoms with Gasteiger partial charge in [-0.15, -0.1) is 0 Å². The number of amides is 3. The number of unbranched alkanes of at least 4 members (excludes halogenated alkanes) is 1. The molecule has 0 aromatic heterocycles. The van der Waals surface area contributed by atoms with E-state index in [4.69, 9.17) is 25.8 Å². The summed E-state index contributed by atoms with van der Waals surface area (Å²) < 4.78 is 16.6. The molecule has 1 fully saturated rings. The molecule has 0 bridgehead atoms. The van der Waals surface area contributed by atoms with Crippen LogP contribution in [0.3, 0.4) is 0 Å². The number of thioether (sulfide) groups is 1. The third-order valence-corrected chi connectivity index (χ3v) is 6.64. The monoisotopic (exact) mass is 574 g/mol. The van der Waals surface area contributed by atoms with Crippen molar-refractivity contribution in [3.63, 3.8) is 0 Å². The maximum atomic E-state index is 13.0. The van der Waals surface area contributed by atoms with Crippen LogP contribution in [0.25, 0.3) is 6.08 Å². The minimum Gasteiger partial charge on any atom is -0.490 e. The number of hydrogen-bond acceptors (Lipinski definition) is 8. The summed E-state index contributed by atoms with van der Waals surface area (Å²) in [7, 11) is 0. The van der Waals surface area contributed by atoms with E-state index in [1.54, 1.807) is 24.3 Å². The predicted molar refractivity (Wildman–Crippen MR) is 151 cm³/mol. The summed E-state index contributed by atoms with van der Waals surface area (Å²) >= 11 is 6.84. The largest absolute Gasteiger partial charge is 0.490 e. The zero-order valence-electron chi connectivity index (χ0n) is 22.1. The van der Waals surface area contributed by atoms with Crippen LogP contribution < -0.4 is 14.8 Å². The van der Waals surface area contributed by atoms with Crippen LogP contribution in [0.5, 0.6) is 11.5 Å². The standard InChI is InChI=1S/C28H31ClN2O7S/c1-4-7-13-37-22-11-8-18(14-23(22)36-6-3)15-24-26(33)31(28(35)39-24)17-25(32)30-19-9-10-21(29)20(16-19)27(34)38-12-5-2/h8-11,14-16H,4-7,12-13,17H2,1-3H3,(H,30,32)/b24-15-. The Bertz CT molecular complexity index is 1260. The Hall–Kier alpha value is -3.50. The van der Waals surface area contributed by atoms with Gasteiger partial charge in [-0.25, -0.2) is 4.79 Å². The van der Waals surface area contributed by atoms with E-state index in [1.807, 2.05) is 13.8 Å². The quantitative estimate of drug-likeness (QED) is 0.172. The molecule has 1 N–H and O–H groups in total. The Morgan fingerprint density at radius 1 is 1.00 bits per heavy atom. The van der Waals surface area contributed by atoms with Crippen LogP contribution in [0, 0.1) is 0 Å². The highest BCUT2D eigenvalue weighted by atomic mass is 35.5. The predicted octanol–water partition coefficient (Wildman–Crippen LogP) is 6.16. The second-order valence-electron chi connectivity index (χ2n) is 8.49. The van der Waals surface area contributed by atoms with Crippen LogP contribution in [0.2, 0.25) is 5.02 Å². The van der Waals surface area contributed by atoms with Gasteiger partial charge in [-0.1, -0.05) is 37.9 Å². The molecular weight excluding hydrogens is 544 g/mol. The van der Waals surface area contributed by atoms with Crippen LogP contribution in [0.4, 0.5) is 10.5 Å². The number of nitrogens with one attached hydrogen (secondary N) is 1. The summed E-state index contributed by atoms with van der Waals surface area (Å²) in [5.74, 6) is -0.651. The van der Waals surface area contributed by atoms with Crippen molar-refractivity contribution in [3.8, 4) is 11.5 Å². The molecule has 0 aliphatic carbocycles. The second kappa shape index (κ2) is 14.6.